The fourth-order valence-electron chi connectivity index (χ4n) is 3.35. The van der Waals surface area contributed by atoms with Gasteiger partial charge in [-0.3, -0.25) is 4.90 Å². The Morgan fingerprint density at radius 1 is 1.35 bits per heavy atom. The molecule has 0 spiro atoms. The van der Waals surface area contributed by atoms with E-state index in [-0.39, 0.29) is 12.1 Å². The third-order valence-corrected chi connectivity index (χ3v) is 5.03. The summed E-state index contributed by atoms with van der Waals surface area (Å²) in [5.74, 6) is 0.791. The molecule has 2 amide bonds. The summed E-state index contributed by atoms with van der Waals surface area (Å²) in [4.78, 5) is 14.3. The average molecular weight is 394 g/mol. The highest BCUT2D eigenvalue weighted by molar-refractivity contribution is 9.10. The number of anilines is 1. The Morgan fingerprint density at radius 2 is 2.17 bits per heavy atom. The number of amides is 2. The minimum absolute atomic E-state index is 0.0656. The van der Waals surface area contributed by atoms with E-state index in [0.717, 1.165) is 21.5 Å². The summed E-state index contributed by atoms with van der Waals surface area (Å²) in [6, 6.07) is 12.9. The van der Waals surface area contributed by atoms with Gasteiger partial charge in [0.25, 0.3) is 0 Å². The first-order valence-electron chi connectivity index (χ1n) is 7.31. The van der Waals surface area contributed by atoms with Crippen molar-refractivity contribution >= 4 is 39.2 Å². The monoisotopic (exact) mass is 392 g/mol. The van der Waals surface area contributed by atoms with Gasteiger partial charge in [0.05, 0.1) is 11.7 Å². The Balaban J connectivity index is 1.81. The summed E-state index contributed by atoms with van der Waals surface area (Å²) in [6.45, 7) is 1.94. The number of carbonyl (C=O) groups excluding carboxylic acids is 1. The molecule has 2 aliphatic rings. The lowest BCUT2D eigenvalue weighted by atomic mass is 9.90. The van der Waals surface area contributed by atoms with Crippen LogP contribution in [-0.4, -0.2) is 11.8 Å². The SMILES string of the molecule is C[C@@]12C[C@@H](NC(=O)N1c1cccc(Cl)c1)c1cc(Br)ccc1O2. The quantitative estimate of drug-likeness (QED) is 0.751. The third-order valence-electron chi connectivity index (χ3n) is 4.30. The summed E-state index contributed by atoms with van der Waals surface area (Å²) in [6.07, 6.45) is 0.661. The molecule has 1 fully saturated rings. The zero-order chi connectivity index (χ0) is 16.2. The average Bonchev–Trinajstić information content (AvgIpc) is 2.47. The molecule has 0 aliphatic carbocycles. The molecule has 4 nitrogen and oxygen atoms in total. The number of hydrogen-bond donors (Lipinski definition) is 1. The number of halogens is 2. The van der Waals surface area contributed by atoms with E-state index in [9.17, 15) is 4.79 Å². The van der Waals surface area contributed by atoms with Gasteiger partial charge in [0, 0.05) is 21.5 Å². The number of nitrogens with zero attached hydrogens (tertiary/aromatic N) is 1. The van der Waals surface area contributed by atoms with Crippen LogP contribution in [0.5, 0.6) is 5.75 Å². The zero-order valence-corrected chi connectivity index (χ0v) is 14.7. The van der Waals surface area contributed by atoms with Gasteiger partial charge in [-0.05, 0) is 43.3 Å². The van der Waals surface area contributed by atoms with E-state index in [1.807, 2.05) is 37.3 Å². The Hall–Kier alpha value is -1.72. The molecule has 0 radical (unpaired) electrons. The lowest BCUT2D eigenvalue weighted by Crippen LogP contribution is -2.65. The largest absolute Gasteiger partial charge is 0.467 e. The van der Waals surface area contributed by atoms with Crippen LogP contribution in [0.1, 0.15) is 24.9 Å². The van der Waals surface area contributed by atoms with Crippen LogP contribution in [0.2, 0.25) is 5.02 Å². The molecule has 2 heterocycles. The van der Waals surface area contributed by atoms with Gasteiger partial charge in [-0.1, -0.05) is 33.6 Å². The highest BCUT2D eigenvalue weighted by atomic mass is 79.9. The summed E-state index contributed by atoms with van der Waals surface area (Å²) in [5, 5.41) is 3.65. The fourth-order valence-corrected chi connectivity index (χ4v) is 3.91. The number of nitrogens with one attached hydrogen (secondary N) is 1. The number of benzene rings is 2. The maximum atomic E-state index is 12.7. The van der Waals surface area contributed by atoms with Crippen LogP contribution in [0, 0.1) is 0 Å². The molecule has 2 bridgehead atoms. The lowest BCUT2D eigenvalue weighted by molar-refractivity contribution is 0.0378. The highest BCUT2D eigenvalue weighted by Crippen LogP contribution is 2.46. The van der Waals surface area contributed by atoms with Crippen LogP contribution < -0.4 is 15.0 Å². The van der Waals surface area contributed by atoms with Crippen molar-refractivity contribution in [2.24, 2.45) is 0 Å². The van der Waals surface area contributed by atoms with Crippen LogP contribution in [-0.2, 0) is 0 Å². The molecule has 6 heteroatoms. The van der Waals surface area contributed by atoms with Crippen molar-refractivity contribution in [3.8, 4) is 5.75 Å². The van der Waals surface area contributed by atoms with Crippen LogP contribution in [0.25, 0.3) is 0 Å². The van der Waals surface area contributed by atoms with E-state index in [1.165, 1.54) is 0 Å². The maximum Gasteiger partial charge on any atom is 0.325 e. The molecule has 1 N–H and O–H groups in total. The summed E-state index contributed by atoms with van der Waals surface area (Å²) in [5.41, 5.74) is 0.964. The minimum Gasteiger partial charge on any atom is -0.467 e. The molecule has 0 unspecified atom stereocenters. The molecule has 2 atom stereocenters. The normalized spacial score (nSPS) is 25.4. The van der Waals surface area contributed by atoms with Crippen molar-refractivity contribution in [3.63, 3.8) is 0 Å². The van der Waals surface area contributed by atoms with E-state index in [4.69, 9.17) is 16.3 Å². The Labute approximate surface area is 147 Å². The summed E-state index contributed by atoms with van der Waals surface area (Å²) in [7, 11) is 0. The predicted molar refractivity (Wildman–Crippen MR) is 93.0 cm³/mol. The van der Waals surface area contributed by atoms with Gasteiger partial charge in [-0.15, -0.1) is 0 Å². The van der Waals surface area contributed by atoms with Crippen molar-refractivity contribution in [2.75, 3.05) is 4.90 Å². The van der Waals surface area contributed by atoms with Crippen LogP contribution in [0.3, 0.4) is 0 Å². The summed E-state index contributed by atoms with van der Waals surface area (Å²) < 4.78 is 7.19. The molecular formula is C17H14BrClN2O2. The molecule has 2 aromatic carbocycles. The second kappa shape index (κ2) is 5.14. The molecule has 2 aliphatic heterocycles. The van der Waals surface area contributed by atoms with E-state index in [1.54, 1.807) is 17.0 Å². The van der Waals surface area contributed by atoms with Crippen molar-refractivity contribution < 1.29 is 9.53 Å². The van der Waals surface area contributed by atoms with Crippen LogP contribution in [0.15, 0.2) is 46.9 Å². The Morgan fingerprint density at radius 3 is 2.96 bits per heavy atom. The molecule has 4 rings (SSSR count). The second-order valence-corrected chi connectivity index (χ2v) is 7.33. The molecule has 118 valence electrons. The predicted octanol–water partition coefficient (Wildman–Crippen LogP) is 4.87. The maximum absolute atomic E-state index is 12.7. The van der Waals surface area contributed by atoms with Crippen LogP contribution in [0.4, 0.5) is 10.5 Å². The highest BCUT2D eigenvalue weighted by Gasteiger charge is 2.49. The van der Waals surface area contributed by atoms with E-state index in [2.05, 4.69) is 21.2 Å². The molecule has 2 aromatic rings. The number of urea groups is 1. The Kier molecular flexibility index (Phi) is 3.32. The zero-order valence-electron chi connectivity index (χ0n) is 12.3. The van der Waals surface area contributed by atoms with Crippen molar-refractivity contribution in [1.82, 2.24) is 5.32 Å². The van der Waals surface area contributed by atoms with Gasteiger partial charge < -0.3 is 10.1 Å². The topological polar surface area (TPSA) is 41.6 Å². The molecule has 0 saturated carbocycles. The van der Waals surface area contributed by atoms with Gasteiger partial charge >= 0.3 is 6.03 Å². The number of rotatable bonds is 1. The molecule has 23 heavy (non-hydrogen) atoms. The third kappa shape index (κ3) is 2.39. The van der Waals surface area contributed by atoms with Gasteiger partial charge in [0.2, 0.25) is 0 Å². The fraction of sp³-hybridized carbons (Fsp3) is 0.235. The van der Waals surface area contributed by atoms with Crippen molar-refractivity contribution in [3.05, 3.63) is 57.5 Å². The number of hydrogen-bond acceptors (Lipinski definition) is 2. The molecule has 1 saturated heterocycles. The van der Waals surface area contributed by atoms with Gasteiger partial charge in [0.15, 0.2) is 5.72 Å². The van der Waals surface area contributed by atoms with Gasteiger partial charge in [-0.25, -0.2) is 4.79 Å². The second-order valence-electron chi connectivity index (χ2n) is 5.98. The number of carbonyl (C=O) groups is 1. The van der Waals surface area contributed by atoms with Gasteiger partial charge in [0.1, 0.15) is 5.75 Å². The van der Waals surface area contributed by atoms with Crippen molar-refractivity contribution in [1.29, 1.82) is 0 Å². The first-order valence-corrected chi connectivity index (χ1v) is 8.48. The lowest BCUT2D eigenvalue weighted by Gasteiger charge is -2.50. The number of fused-ring (bicyclic) bond motifs is 4. The van der Waals surface area contributed by atoms with Crippen molar-refractivity contribution in [2.45, 2.75) is 25.1 Å². The standard InChI is InChI=1S/C17H14BrClN2O2/c1-17-9-14(13-7-10(18)5-6-15(13)23-17)20-16(22)21(17)12-4-2-3-11(19)8-12/h2-8,14H,9H2,1H3,(H,20,22)/t14-,17-/m1/s1. The summed E-state index contributed by atoms with van der Waals surface area (Å²) >= 11 is 9.56. The first kappa shape index (κ1) is 14.8. The van der Waals surface area contributed by atoms with Crippen LogP contribution >= 0.6 is 27.5 Å². The molecule has 0 aromatic heterocycles. The van der Waals surface area contributed by atoms with Gasteiger partial charge in [-0.2, -0.15) is 0 Å². The molecular weight excluding hydrogens is 380 g/mol. The first-order chi connectivity index (χ1) is 11.0. The van der Waals surface area contributed by atoms with E-state index >= 15 is 0 Å². The smallest absolute Gasteiger partial charge is 0.325 e. The van der Waals surface area contributed by atoms with E-state index < -0.39 is 5.72 Å². The number of ether oxygens (including phenoxy) is 1. The van der Waals surface area contributed by atoms with E-state index in [0.29, 0.717) is 11.4 Å². The Bertz CT molecular complexity index is 813. The minimum atomic E-state index is -0.751.